The first-order valence-corrected chi connectivity index (χ1v) is 15.7. The largest absolute Gasteiger partial charge is 0.465 e. The van der Waals surface area contributed by atoms with Gasteiger partial charge in [-0.1, -0.05) is 26.0 Å². The molecule has 43 heavy (non-hydrogen) atoms. The summed E-state index contributed by atoms with van der Waals surface area (Å²) in [6.45, 7) is 19.3. The standard InChI is InChI=1S/C34H49N3O6/c1-8-12-13-21-42-32(41)28-27-30(39)37(26(22-38)23(5)6)29(34(27)19-18-33(28,7)43-34)31(40)36(20-9-2)25-16-14-24(15-17-25)35(10-3)11-4/h8-9,14-17,23,26-29,38H,1-2,10-13,18-22H2,3-7H3/t26-,27-,28-,29?,33+,34?/m0/s1. The number of carbonyl (C=O) groups is 3. The van der Waals surface area contributed by atoms with Gasteiger partial charge in [0.15, 0.2) is 0 Å². The quantitative estimate of drug-likeness (QED) is 0.183. The number of benzene rings is 1. The van der Waals surface area contributed by atoms with Gasteiger partial charge < -0.3 is 29.3 Å². The highest BCUT2D eigenvalue weighted by molar-refractivity contribution is 6.05. The third-order valence-electron chi connectivity index (χ3n) is 9.68. The van der Waals surface area contributed by atoms with E-state index >= 15 is 0 Å². The molecule has 9 nitrogen and oxygen atoms in total. The van der Waals surface area contributed by atoms with Crippen molar-refractivity contribution >= 4 is 29.2 Å². The number of nitrogens with zero attached hydrogens (tertiary/aromatic N) is 3. The van der Waals surface area contributed by atoms with Crippen LogP contribution in [0.3, 0.4) is 0 Å². The summed E-state index contributed by atoms with van der Waals surface area (Å²) in [6.07, 6.45) is 5.76. The molecule has 3 aliphatic heterocycles. The Hall–Kier alpha value is -3.17. The minimum Gasteiger partial charge on any atom is -0.465 e. The van der Waals surface area contributed by atoms with E-state index in [9.17, 15) is 19.5 Å². The van der Waals surface area contributed by atoms with Crippen LogP contribution in [0.25, 0.3) is 0 Å². The fourth-order valence-electron chi connectivity index (χ4n) is 7.50. The summed E-state index contributed by atoms with van der Waals surface area (Å²) in [6, 6.07) is 6.16. The van der Waals surface area contributed by atoms with Gasteiger partial charge in [-0.2, -0.15) is 0 Å². The van der Waals surface area contributed by atoms with Crippen LogP contribution in [0.5, 0.6) is 0 Å². The maximum absolute atomic E-state index is 14.8. The van der Waals surface area contributed by atoms with Crippen molar-refractivity contribution in [2.75, 3.05) is 42.6 Å². The second kappa shape index (κ2) is 13.2. The van der Waals surface area contributed by atoms with Crippen LogP contribution in [-0.2, 0) is 23.9 Å². The number of ether oxygens (including phenoxy) is 2. The molecule has 1 N–H and O–H groups in total. The van der Waals surface area contributed by atoms with Crippen molar-refractivity contribution in [1.29, 1.82) is 0 Å². The molecule has 6 atom stereocenters. The van der Waals surface area contributed by atoms with E-state index in [1.165, 1.54) is 4.90 Å². The van der Waals surface area contributed by atoms with Crippen LogP contribution >= 0.6 is 0 Å². The predicted octanol–water partition coefficient (Wildman–Crippen LogP) is 4.34. The van der Waals surface area contributed by atoms with Gasteiger partial charge in [0.1, 0.15) is 17.6 Å². The third-order valence-corrected chi connectivity index (χ3v) is 9.68. The lowest BCUT2D eigenvalue weighted by molar-refractivity contribution is -0.161. The molecule has 9 heteroatoms. The number of hydrogen-bond donors (Lipinski definition) is 1. The molecule has 0 radical (unpaired) electrons. The summed E-state index contributed by atoms with van der Waals surface area (Å²) < 4.78 is 12.4. The van der Waals surface area contributed by atoms with Crippen LogP contribution < -0.4 is 9.80 Å². The molecule has 0 saturated carbocycles. The number of unbranched alkanes of at least 4 members (excludes halogenated alkanes) is 1. The van der Waals surface area contributed by atoms with Crippen molar-refractivity contribution < 1.29 is 29.0 Å². The van der Waals surface area contributed by atoms with E-state index in [1.807, 2.05) is 45.0 Å². The molecule has 1 spiro atoms. The van der Waals surface area contributed by atoms with E-state index in [4.69, 9.17) is 9.47 Å². The Bertz CT molecular complexity index is 1200. The van der Waals surface area contributed by atoms with E-state index in [2.05, 4.69) is 31.9 Å². The van der Waals surface area contributed by atoms with Crippen LogP contribution in [0.1, 0.15) is 60.3 Å². The molecule has 2 amide bonds. The van der Waals surface area contributed by atoms with Crippen LogP contribution in [-0.4, -0.2) is 83.9 Å². The predicted molar refractivity (Wildman–Crippen MR) is 168 cm³/mol. The van der Waals surface area contributed by atoms with Crippen molar-refractivity contribution in [3.63, 3.8) is 0 Å². The van der Waals surface area contributed by atoms with Crippen LogP contribution in [0, 0.1) is 17.8 Å². The Morgan fingerprint density at radius 3 is 2.35 bits per heavy atom. The number of aliphatic hydroxyl groups is 1. The highest BCUT2D eigenvalue weighted by Gasteiger charge is 2.79. The number of esters is 1. The fraction of sp³-hybridized carbons (Fsp3) is 0.618. The van der Waals surface area contributed by atoms with Crippen molar-refractivity contribution in [2.45, 2.75) is 83.6 Å². The van der Waals surface area contributed by atoms with Gasteiger partial charge in [-0.25, -0.2) is 0 Å². The topological polar surface area (TPSA) is 99.6 Å². The van der Waals surface area contributed by atoms with E-state index < -0.39 is 41.1 Å². The Balaban J connectivity index is 1.77. The van der Waals surface area contributed by atoms with Crippen LogP contribution in [0.4, 0.5) is 11.4 Å². The molecule has 0 aliphatic carbocycles. The summed E-state index contributed by atoms with van der Waals surface area (Å²) in [5.41, 5.74) is -0.412. The normalized spacial score (nSPS) is 28.1. The van der Waals surface area contributed by atoms with Gasteiger partial charge in [0.25, 0.3) is 5.91 Å². The molecular weight excluding hydrogens is 546 g/mol. The smallest absolute Gasteiger partial charge is 0.312 e. The molecule has 3 saturated heterocycles. The summed E-state index contributed by atoms with van der Waals surface area (Å²) in [5.74, 6) is -2.98. The number of amides is 2. The van der Waals surface area contributed by atoms with E-state index in [0.29, 0.717) is 31.4 Å². The van der Waals surface area contributed by atoms with Gasteiger partial charge in [0, 0.05) is 31.0 Å². The zero-order valence-corrected chi connectivity index (χ0v) is 26.5. The maximum Gasteiger partial charge on any atom is 0.312 e. The lowest BCUT2D eigenvalue weighted by atomic mass is 9.66. The number of allylic oxidation sites excluding steroid dienone is 1. The van der Waals surface area contributed by atoms with Gasteiger partial charge >= 0.3 is 5.97 Å². The lowest BCUT2D eigenvalue weighted by Gasteiger charge is -2.40. The molecule has 1 aromatic rings. The van der Waals surface area contributed by atoms with Crippen molar-refractivity contribution in [3.05, 3.63) is 49.6 Å². The van der Waals surface area contributed by atoms with Crippen LogP contribution in [0.15, 0.2) is 49.6 Å². The molecule has 3 aliphatic rings. The minimum atomic E-state index is -1.21. The Morgan fingerprint density at radius 1 is 1.14 bits per heavy atom. The van der Waals surface area contributed by atoms with Crippen molar-refractivity contribution in [1.82, 2.24) is 4.90 Å². The molecule has 1 aromatic carbocycles. The Kier molecular flexibility index (Phi) is 10.1. The third kappa shape index (κ3) is 5.62. The van der Waals surface area contributed by atoms with E-state index in [-0.39, 0.29) is 37.5 Å². The zero-order valence-electron chi connectivity index (χ0n) is 26.5. The number of carbonyl (C=O) groups excluding carboxylic acids is 3. The second-order valence-electron chi connectivity index (χ2n) is 12.5. The minimum absolute atomic E-state index is 0.141. The molecule has 0 aromatic heterocycles. The van der Waals surface area contributed by atoms with Gasteiger partial charge in [-0.05, 0) is 76.6 Å². The summed E-state index contributed by atoms with van der Waals surface area (Å²) >= 11 is 0. The average molecular weight is 596 g/mol. The number of likely N-dealkylation sites (tertiary alicyclic amines) is 1. The SMILES string of the molecule is C=CCCCOC(=O)[C@@H]1[C@H]2C(=O)N([C@@H](CO)C(C)C)C(C(=O)N(CC=C)c3ccc(N(CC)CC)cc3)C23CC[C@@]1(C)O3. The highest BCUT2D eigenvalue weighted by atomic mass is 16.6. The van der Waals surface area contributed by atoms with Crippen LogP contribution in [0.2, 0.25) is 0 Å². The first-order valence-electron chi connectivity index (χ1n) is 15.7. The molecule has 3 heterocycles. The number of hydrogen-bond acceptors (Lipinski definition) is 7. The van der Waals surface area contributed by atoms with Gasteiger partial charge in [-0.3, -0.25) is 14.4 Å². The second-order valence-corrected chi connectivity index (χ2v) is 12.5. The fourth-order valence-corrected chi connectivity index (χ4v) is 7.50. The lowest BCUT2D eigenvalue weighted by Crippen LogP contribution is -2.60. The Morgan fingerprint density at radius 2 is 1.79 bits per heavy atom. The summed E-state index contributed by atoms with van der Waals surface area (Å²) in [5, 5.41) is 10.5. The summed E-state index contributed by atoms with van der Waals surface area (Å²) in [7, 11) is 0. The van der Waals surface area contributed by atoms with E-state index in [0.717, 1.165) is 18.8 Å². The molecule has 3 fully saturated rings. The van der Waals surface area contributed by atoms with Gasteiger partial charge in [0.05, 0.1) is 30.8 Å². The monoisotopic (exact) mass is 595 g/mol. The Labute approximate surface area is 256 Å². The molecule has 236 valence electrons. The maximum atomic E-state index is 14.8. The number of rotatable bonds is 15. The first kappa shape index (κ1) is 32.7. The number of aliphatic hydroxyl groups excluding tert-OH is 1. The van der Waals surface area contributed by atoms with Gasteiger partial charge in [0.2, 0.25) is 5.91 Å². The first-order chi connectivity index (χ1) is 20.5. The van der Waals surface area contributed by atoms with Gasteiger partial charge in [-0.15, -0.1) is 13.2 Å². The molecular formula is C34H49N3O6. The molecule has 4 rings (SSSR count). The summed E-state index contributed by atoms with van der Waals surface area (Å²) in [4.78, 5) is 48.2. The number of fused-ring (bicyclic) bond motifs is 1. The molecule has 2 unspecified atom stereocenters. The highest BCUT2D eigenvalue weighted by Crippen LogP contribution is 2.64. The molecule has 2 bridgehead atoms. The zero-order chi connectivity index (χ0) is 31.5. The number of anilines is 2. The van der Waals surface area contributed by atoms with Crippen molar-refractivity contribution in [2.24, 2.45) is 17.8 Å². The van der Waals surface area contributed by atoms with E-state index in [1.54, 1.807) is 17.1 Å². The van der Waals surface area contributed by atoms with Crippen molar-refractivity contribution in [3.8, 4) is 0 Å². The average Bonchev–Trinajstić information content (AvgIpc) is 3.56.